The van der Waals surface area contributed by atoms with Crippen molar-refractivity contribution >= 4 is 39.7 Å². The van der Waals surface area contributed by atoms with Crippen LogP contribution in [0.3, 0.4) is 0 Å². The molecule has 2 rings (SSSR count). The van der Waals surface area contributed by atoms with Crippen LogP contribution in [0.5, 0.6) is 5.88 Å². The van der Waals surface area contributed by atoms with E-state index in [1.807, 2.05) is 0 Å². The smallest absolute Gasteiger partial charge is 0.340 e. The largest absolute Gasteiger partial charge is 0.356 e. The predicted octanol–water partition coefficient (Wildman–Crippen LogP) is 0.259. The summed E-state index contributed by atoms with van der Waals surface area (Å²) >= 11 is 0. The van der Waals surface area contributed by atoms with Crippen molar-refractivity contribution in [2.24, 2.45) is 0 Å². The van der Waals surface area contributed by atoms with Crippen LogP contribution < -0.4 is 4.18 Å². The zero-order valence-electron chi connectivity index (χ0n) is 9.02. The number of benzene rings is 1. The van der Waals surface area contributed by atoms with Gasteiger partial charge in [0, 0.05) is 35.6 Å². The van der Waals surface area contributed by atoms with E-state index in [0.29, 0.717) is 0 Å². The molecule has 0 bridgehead atoms. The molecule has 0 aliphatic carbocycles. The number of rotatable bonds is 3. The Morgan fingerprint density at radius 1 is 1.06 bits per heavy atom. The first-order valence-electron chi connectivity index (χ1n) is 4.32. The van der Waals surface area contributed by atoms with Crippen LogP contribution in [0.25, 0.3) is 0 Å². The van der Waals surface area contributed by atoms with Crippen molar-refractivity contribution < 1.29 is 12.6 Å². The van der Waals surface area contributed by atoms with Gasteiger partial charge in [-0.15, -0.1) is 5.10 Å². The summed E-state index contributed by atoms with van der Waals surface area (Å²) in [5.74, 6) is -0.112. The van der Waals surface area contributed by atoms with Gasteiger partial charge in [0.2, 0.25) is 0 Å². The van der Waals surface area contributed by atoms with E-state index < -0.39 is 10.1 Å². The van der Waals surface area contributed by atoms with Gasteiger partial charge >= 0.3 is 10.1 Å². The Hall–Kier alpha value is -1.02. The minimum absolute atomic E-state index is 0. The predicted molar refractivity (Wildman–Crippen MR) is 59.8 cm³/mol. The van der Waals surface area contributed by atoms with E-state index in [9.17, 15) is 8.42 Å². The standard InChI is InChI=1S/C9H7N3O3S.Na/c13-16(14,8-4-2-1-3-5-8)15-9-6-7-10-12-11-9;/h1-7H;. The molecule has 0 amide bonds. The second-order valence-electron chi connectivity index (χ2n) is 2.81. The summed E-state index contributed by atoms with van der Waals surface area (Å²) in [5.41, 5.74) is 0. The van der Waals surface area contributed by atoms with Crippen LogP contribution in [0, 0.1) is 0 Å². The molecule has 2 aromatic rings. The zero-order valence-corrected chi connectivity index (χ0v) is 11.8. The number of nitrogens with zero attached hydrogens (tertiary/aromatic N) is 3. The maximum atomic E-state index is 11.7. The fourth-order valence-corrected chi connectivity index (χ4v) is 1.92. The summed E-state index contributed by atoms with van der Waals surface area (Å²) in [4.78, 5) is 0.0635. The molecule has 0 atom stereocenters. The Labute approximate surface area is 120 Å². The summed E-state index contributed by atoms with van der Waals surface area (Å²) in [6.07, 6.45) is 1.29. The minimum Gasteiger partial charge on any atom is -0.356 e. The van der Waals surface area contributed by atoms with Crippen molar-refractivity contribution in [3.05, 3.63) is 42.6 Å². The van der Waals surface area contributed by atoms with Crippen molar-refractivity contribution in [3.8, 4) is 5.88 Å². The van der Waals surface area contributed by atoms with Gasteiger partial charge in [-0.25, -0.2) is 0 Å². The Morgan fingerprint density at radius 2 is 1.76 bits per heavy atom. The second-order valence-corrected chi connectivity index (χ2v) is 4.36. The average Bonchev–Trinajstić information content (AvgIpc) is 2.31. The maximum Gasteiger partial charge on any atom is 0.340 e. The van der Waals surface area contributed by atoms with Crippen molar-refractivity contribution in [2.75, 3.05) is 0 Å². The molecule has 17 heavy (non-hydrogen) atoms. The van der Waals surface area contributed by atoms with Crippen molar-refractivity contribution in [3.63, 3.8) is 0 Å². The van der Waals surface area contributed by atoms with E-state index in [1.54, 1.807) is 18.2 Å². The molecule has 1 aromatic heterocycles. The van der Waals surface area contributed by atoms with Crippen LogP contribution in [-0.2, 0) is 10.1 Å². The van der Waals surface area contributed by atoms with Crippen molar-refractivity contribution in [2.45, 2.75) is 4.90 Å². The van der Waals surface area contributed by atoms with Gasteiger partial charge in [-0.3, -0.25) is 0 Å². The first-order chi connectivity index (χ1) is 7.68. The van der Waals surface area contributed by atoms with Crippen molar-refractivity contribution in [1.29, 1.82) is 0 Å². The molecule has 6 nitrogen and oxygen atoms in total. The van der Waals surface area contributed by atoms with Crippen LogP contribution in [-0.4, -0.2) is 53.4 Å². The first-order valence-corrected chi connectivity index (χ1v) is 5.73. The van der Waals surface area contributed by atoms with Gasteiger partial charge in [-0.1, -0.05) is 23.3 Å². The van der Waals surface area contributed by atoms with Gasteiger partial charge in [0.25, 0.3) is 5.88 Å². The molecule has 0 spiro atoms. The third-order valence-corrected chi connectivity index (χ3v) is 2.95. The zero-order chi connectivity index (χ0) is 11.4. The first kappa shape index (κ1) is 14.0. The van der Waals surface area contributed by atoms with Crippen molar-refractivity contribution in [1.82, 2.24) is 15.4 Å². The number of aromatic nitrogens is 3. The van der Waals surface area contributed by atoms with E-state index in [-0.39, 0.29) is 40.3 Å². The van der Waals surface area contributed by atoms with Gasteiger partial charge < -0.3 is 4.18 Å². The summed E-state index contributed by atoms with van der Waals surface area (Å²) < 4.78 is 28.1. The maximum absolute atomic E-state index is 11.7. The molecule has 1 aromatic carbocycles. The van der Waals surface area contributed by atoms with E-state index in [2.05, 4.69) is 15.4 Å². The molecule has 0 saturated carbocycles. The summed E-state index contributed by atoms with van der Waals surface area (Å²) in [6.45, 7) is 0. The van der Waals surface area contributed by atoms with Gasteiger partial charge in [-0.05, 0) is 17.3 Å². The molecule has 8 heteroatoms. The molecule has 0 aliphatic heterocycles. The van der Waals surface area contributed by atoms with Crippen LogP contribution in [0.1, 0.15) is 0 Å². The van der Waals surface area contributed by atoms with Crippen LogP contribution >= 0.6 is 0 Å². The summed E-state index contributed by atoms with van der Waals surface area (Å²) in [7, 11) is -3.84. The Balaban J connectivity index is 0.00000144. The average molecular weight is 260 g/mol. The monoisotopic (exact) mass is 260 g/mol. The van der Waals surface area contributed by atoms with Gasteiger partial charge in [0.1, 0.15) is 4.90 Å². The molecular weight excluding hydrogens is 253 g/mol. The van der Waals surface area contributed by atoms with Crippen LogP contribution in [0.4, 0.5) is 0 Å². The molecule has 1 radical (unpaired) electrons. The van der Waals surface area contributed by atoms with E-state index in [1.165, 1.54) is 24.4 Å². The molecule has 0 fully saturated rings. The van der Waals surface area contributed by atoms with E-state index in [0.717, 1.165) is 0 Å². The Morgan fingerprint density at radius 3 is 2.35 bits per heavy atom. The fourth-order valence-electron chi connectivity index (χ4n) is 1.02. The third kappa shape index (κ3) is 3.74. The van der Waals surface area contributed by atoms with Crippen LogP contribution in [0.2, 0.25) is 0 Å². The topological polar surface area (TPSA) is 82.0 Å². The normalized spacial score (nSPS) is 10.4. The fraction of sp³-hybridized carbons (Fsp3) is 0. The molecule has 83 valence electrons. The summed E-state index contributed by atoms with van der Waals surface area (Å²) in [5, 5.41) is 10.1. The molecule has 0 unspecified atom stereocenters. The van der Waals surface area contributed by atoms with E-state index >= 15 is 0 Å². The van der Waals surface area contributed by atoms with Crippen LogP contribution in [0.15, 0.2) is 47.5 Å². The van der Waals surface area contributed by atoms with Gasteiger partial charge in [0.05, 0.1) is 6.20 Å². The Kier molecular flexibility index (Phi) is 5.01. The quantitative estimate of drug-likeness (QED) is 0.581. The number of hydrogen-bond acceptors (Lipinski definition) is 6. The summed E-state index contributed by atoms with van der Waals surface area (Å²) in [6, 6.07) is 9.11. The number of hydrogen-bond donors (Lipinski definition) is 0. The Bertz CT molecular complexity index is 563. The molecule has 0 N–H and O–H groups in total. The molecule has 0 saturated heterocycles. The second kappa shape index (κ2) is 6.06. The van der Waals surface area contributed by atoms with Gasteiger partial charge in [0.15, 0.2) is 0 Å². The molecular formula is C9H7N3NaO3S. The minimum atomic E-state index is -3.84. The molecule has 0 aliphatic rings. The van der Waals surface area contributed by atoms with Gasteiger partial charge in [-0.2, -0.15) is 8.42 Å². The third-order valence-electron chi connectivity index (χ3n) is 1.71. The molecule has 1 heterocycles. The van der Waals surface area contributed by atoms with E-state index in [4.69, 9.17) is 4.18 Å². The SMILES string of the molecule is O=S(=O)(Oc1ccnnn1)c1ccccc1.[Na].